The van der Waals surface area contributed by atoms with Crippen LogP contribution >= 0.6 is 11.3 Å². The number of carbonyl (C=O) groups excluding carboxylic acids is 3. The number of aryl methyl sites for hydroxylation is 2. The van der Waals surface area contributed by atoms with Gasteiger partial charge in [-0.1, -0.05) is 61.0 Å². The maximum Gasteiger partial charge on any atom is 0.261 e. The molecule has 0 aliphatic rings. The molecule has 0 saturated carbocycles. The van der Waals surface area contributed by atoms with Crippen LogP contribution < -0.4 is 15.5 Å². The molecule has 0 unspecified atom stereocenters. The normalized spacial score (nSPS) is 12.0. The smallest absolute Gasteiger partial charge is 0.261 e. The number of benzene rings is 2. The molecule has 1 aromatic heterocycles. The van der Waals surface area contributed by atoms with Crippen LogP contribution in [0.5, 0.6) is 0 Å². The summed E-state index contributed by atoms with van der Waals surface area (Å²) in [7, 11) is 0. The summed E-state index contributed by atoms with van der Waals surface area (Å²) in [5.74, 6) is -0.970. The number of rotatable bonds is 9. The Morgan fingerprint density at radius 3 is 2.26 bits per heavy atom. The molecule has 0 radical (unpaired) electrons. The third-order valence-electron chi connectivity index (χ3n) is 6.03. The molecule has 0 saturated heterocycles. The van der Waals surface area contributed by atoms with Crippen LogP contribution in [0, 0.1) is 13.8 Å². The number of amides is 3. The highest BCUT2D eigenvalue weighted by molar-refractivity contribution is 7.12. The Kier molecular flexibility index (Phi) is 8.46. The number of carbonyl (C=O) groups is 3. The van der Waals surface area contributed by atoms with Gasteiger partial charge in [-0.3, -0.25) is 19.3 Å². The molecule has 0 aliphatic heterocycles. The zero-order valence-electron chi connectivity index (χ0n) is 20.9. The average Bonchev–Trinajstić information content (AvgIpc) is 3.37. The Morgan fingerprint density at radius 1 is 0.971 bits per heavy atom. The number of hydrogen-bond donors (Lipinski definition) is 2. The summed E-state index contributed by atoms with van der Waals surface area (Å²) in [6.45, 7) is 9.56. The lowest BCUT2D eigenvalue weighted by Crippen LogP contribution is -2.52. The zero-order chi connectivity index (χ0) is 25.6. The lowest BCUT2D eigenvalue weighted by atomic mass is 9.97. The first-order valence-corrected chi connectivity index (χ1v) is 12.6. The van der Waals surface area contributed by atoms with E-state index in [1.54, 1.807) is 12.1 Å². The third-order valence-corrected chi connectivity index (χ3v) is 6.90. The Labute approximate surface area is 211 Å². The molecule has 1 heterocycles. The zero-order valence-corrected chi connectivity index (χ0v) is 21.7. The Bertz CT molecular complexity index is 1170. The highest BCUT2D eigenvalue weighted by atomic mass is 32.1. The van der Waals surface area contributed by atoms with Crippen molar-refractivity contribution < 1.29 is 14.4 Å². The number of hydrogen-bond acceptors (Lipinski definition) is 4. The minimum atomic E-state index is -0.909. The highest BCUT2D eigenvalue weighted by Gasteiger charge is 2.35. The first-order chi connectivity index (χ1) is 16.6. The van der Waals surface area contributed by atoms with Crippen LogP contribution in [0.4, 0.5) is 5.69 Å². The lowest BCUT2D eigenvalue weighted by Gasteiger charge is -2.35. The summed E-state index contributed by atoms with van der Waals surface area (Å²) in [6, 6.07) is 17.7. The molecule has 3 rings (SSSR count). The molecular formula is C28H33N3O3S. The number of nitrogens with one attached hydrogen (secondary N) is 2. The van der Waals surface area contributed by atoms with Gasteiger partial charge in [0.1, 0.15) is 6.04 Å². The maximum atomic E-state index is 13.8. The summed E-state index contributed by atoms with van der Waals surface area (Å²) < 4.78 is 0. The molecule has 2 N–H and O–H groups in total. The molecule has 3 amide bonds. The van der Waals surface area contributed by atoms with Gasteiger partial charge in [-0.05, 0) is 62.8 Å². The Hall–Kier alpha value is -3.45. The molecule has 184 valence electrons. The van der Waals surface area contributed by atoms with Crippen LogP contribution in [-0.2, 0) is 9.59 Å². The molecule has 2 aromatic carbocycles. The van der Waals surface area contributed by atoms with Gasteiger partial charge in [-0.2, -0.15) is 0 Å². The van der Waals surface area contributed by atoms with Crippen LogP contribution in [0.3, 0.4) is 0 Å². The molecule has 0 fully saturated rings. The van der Waals surface area contributed by atoms with Crippen molar-refractivity contribution in [1.29, 1.82) is 0 Å². The highest BCUT2D eigenvalue weighted by Crippen LogP contribution is 2.31. The third kappa shape index (κ3) is 6.57. The van der Waals surface area contributed by atoms with E-state index in [1.807, 2.05) is 88.5 Å². The summed E-state index contributed by atoms with van der Waals surface area (Å²) >= 11 is 1.31. The minimum absolute atomic E-state index is 0.238. The van der Waals surface area contributed by atoms with E-state index in [-0.39, 0.29) is 24.3 Å². The topological polar surface area (TPSA) is 78.5 Å². The number of anilines is 1. The van der Waals surface area contributed by atoms with Crippen molar-refractivity contribution in [1.82, 2.24) is 10.6 Å². The van der Waals surface area contributed by atoms with Gasteiger partial charge in [0.15, 0.2) is 0 Å². The van der Waals surface area contributed by atoms with E-state index in [2.05, 4.69) is 10.6 Å². The van der Waals surface area contributed by atoms with Gasteiger partial charge in [0, 0.05) is 11.2 Å². The number of nitrogens with zero attached hydrogens (tertiary/aromatic N) is 1. The van der Waals surface area contributed by atoms with E-state index in [0.29, 0.717) is 16.1 Å². The van der Waals surface area contributed by atoms with Gasteiger partial charge < -0.3 is 10.6 Å². The Balaban J connectivity index is 2.04. The van der Waals surface area contributed by atoms with Crippen molar-refractivity contribution in [2.24, 2.45) is 0 Å². The van der Waals surface area contributed by atoms with E-state index in [4.69, 9.17) is 0 Å². The first-order valence-electron chi connectivity index (χ1n) is 11.7. The second kappa shape index (κ2) is 11.3. The maximum absolute atomic E-state index is 13.8. The predicted octanol–water partition coefficient (Wildman–Crippen LogP) is 5.17. The Morgan fingerprint density at radius 2 is 1.66 bits per heavy atom. The van der Waals surface area contributed by atoms with Gasteiger partial charge in [0.05, 0.1) is 11.4 Å². The van der Waals surface area contributed by atoms with Gasteiger partial charge in [0.25, 0.3) is 5.91 Å². The second-order valence-corrected chi connectivity index (χ2v) is 10.2. The van der Waals surface area contributed by atoms with Crippen molar-refractivity contribution in [3.8, 4) is 0 Å². The van der Waals surface area contributed by atoms with Gasteiger partial charge in [0.2, 0.25) is 11.8 Å². The monoisotopic (exact) mass is 491 g/mol. The van der Waals surface area contributed by atoms with Crippen LogP contribution in [0.2, 0.25) is 0 Å². The second-order valence-electron chi connectivity index (χ2n) is 9.25. The van der Waals surface area contributed by atoms with Crippen LogP contribution in [0.25, 0.3) is 0 Å². The van der Waals surface area contributed by atoms with E-state index in [1.165, 1.54) is 16.2 Å². The van der Waals surface area contributed by atoms with Crippen LogP contribution in [0.1, 0.15) is 59.6 Å². The predicted molar refractivity (Wildman–Crippen MR) is 142 cm³/mol. The molecule has 1 atom stereocenters. The summed E-state index contributed by atoms with van der Waals surface area (Å²) in [6.07, 6.45) is 0.731. The quantitative estimate of drug-likeness (QED) is 0.433. The van der Waals surface area contributed by atoms with Crippen molar-refractivity contribution in [3.63, 3.8) is 0 Å². The number of thiophene rings is 1. The van der Waals surface area contributed by atoms with Crippen molar-refractivity contribution in [2.75, 3.05) is 11.4 Å². The molecule has 7 heteroatoms. The molecule has 0 spiro atoms. The van der Waals surface area contributed by atoms with Crippen LogP contribution in [0.15, 0.2) is 66.0 Å². The molecule has 35 heavy (non-hydrogen) atoms. The summed E-state index contributed by atoms with van der Waals surface area (Å²) in [5, 5.41) is 7.64. The van der Waals surface area contributed by atoms with E-state index in [0.717, 1.165) is 17.5 Å². The van der Waals surface area contributed by atoms with E-state index >= 15 is 0 Å². The molecule has 0 bridgehead atoms. The lowest BCUT2D eigenvalue weighted by molar-refractivity contribution is -0.127. The van der Waals surface area contributed by atoms with Crippen molar-refractivity contribution >= 4 is 34.7 Å². The summed E-state index contributed by atoms with van der Waals surface area (Å²) in [5.41, 5.74) is 2.77. The van der Waals surface area contributed by atoms with Crippen molar-refractivity contribution in [2.45, 2.75) is 52.6 Å². The van der Waals surface area contributed by atoms with Gasteiger partial charge in [-0.15, -0.1) is 11.3 Å². The fourth-order valence-corrected chi connectivity index (χ4v) is 4.28. The minimum Gasteiger partial charge on any atom is -0.349 e. The summed E-state index contributed by atoms with van der Waals surface area (Å²) in [4.78, 5) is 42.1. The largest absolute Gasteiger partial charge is 0.349 e. The SMILES string of the molecule is CCC(C)(C)NC(=O)[C@H](c1ccc(C)cc1)N(C(=O)CNC(=O)c1cccs1)c1ccccc1C. The fourth-order valence-electron chi connectivity index (χ4n) is 3.64. The van der Waals surface area contributed by atoms with Gasteiger partial charge in [-0.25, -0.2) is 0 Å². The van der Waals surface area contributed by atoms with E-state index in [9.17, 15) is 14.4 Å². The van der Waals surface area contributed by atoms with E-state index < -0.39 is 11.6 Å². The molecule has 6 nitrogen and oxygen atoms in total. The average molecular weight is 492 g/mol. The first kappa shape index (κ1) is 26.2. The van der Waals surface area contributed by atoms with Gasteiger partial charge >= 0.3 is 0 Å². The number of para-hydroxylation sites is 1. The van der Waals surface area contributed by atoms with Crippen molar-refractivity contribution in [3.05, 3.63) is 87.6 Å². The standard InChI is InChI=1S/C28H33N3O3S/c1-6-28(4,5)30-27(34)25(21-15-13-19(2)14-16-21)31(22-11-8-7-10-20(22)3)24(32)18-29-26(33)23-12-9-17-35-23/h7-17,25H,6,18H2,1-5H3,(H,29,33)(H,30,34)/t25-/m0/s1. The molecule has 3 aromatic rings. The molecule has 0 aliphatic carbocycles. The fraction of sp³-hybridized carbons (Fsp3) is 0.321. The molecular weight excluding hydrogens is 458 g/mol. The van der Waals surface area contributed by atoms with Crippen LogP contribution in [-0.4, -0.2) is 29.8 Å².